The van der Waals surface area contributed by atoms with E-state index in [2.05, 4.69) is 20.5 Å². The second-order valence-electron chi connectivity index (χ2n) is 5.58. The van der Waals surface area contributed by atoms with Crippen molar-refractivity contribution in [1.29, 1.82) is 0 Å². The summed E-state index contributed by atoms with van der Waals surface area (Å²) < 4.78 is 13.8. The Hall–Kier alpha value is -2.47. The molecular weight excluding hydrogens is 295 g/mol. The maximum atomic E-state index is 13.8. The van der Waals surface area contributed by atoms with E-state index in [0.29, 0.717) is 5.82 Å². The number of amides is 1. The van der Waals surface area contributed by atoms with Crippen LogP contribution in [-0.4, -0.2) is 37.1 Å². The smallest absolute Gasteiger partial charge is 0.259 e. The van der Waals surface area contributed by atoms with Gasteiger partial charge in [0.05, 0.1) is 17.4 Å². The molecule has 1 aliphatic heterocycles. The molecule has 1 amide bonds. The van der Waals surface area contributed by atoms with Crippen LogP contribution in [0.5, 0.6) is 0 Å². The van der Waals surface area contributed by atoms with Crippen LogP contribution in [0.3, 0.4) is 0 Å². The number of nitrogens with one attached hydrogen (secondary N) is 2. The van der Waals surface area contributed by atoms with E-state index in [4.69, 9.17) is 0 Å². The summed E-state index contributed by atoms with van der Waals surface area (Å²) in [6.07, 6.45) is 1.73. The molecule has 1 fully saturated rings. The standard InChI is InChI=1S/C17H19FN4O/c1-12-2-4-14(15(18)10-12)17(23)21-16-5-3-13(11-20-16)22-8-6-19-7-9-22/h2-5,10-11,19H,6-9H2,1H3,(H,20,21,23). The van der Waals surface area contributed by atoms with Gasteiger partial charge in [-0.3, -0.25) is 4.79 Å². The van der Waals surface area contributed by atoms with Crippen molar-refractivity contribution < 1.29 is 9.18 Å². The van der Waals surface area contributed by atoms with Gasteiger partial charge < -0.3 is 15.5 Å². The minimum Gasteiger partial charge on any atom is -0.368 e. The monoisotopic (exact) mass is 314 g/mol. The fourth-order valence-electron chi connectivity index (χ4n) is 2.56. The van der Waals surface area contributed by atoms with E-state index in [1.165, 1.54) is 12.1 Å². The van der Waals surface area contributed by atoms with E-state index in [0.717, 1.165) is 37.4 Å². The molecule has 0 radical (unpaired) electrons. The van der Waals surface area contributed by atoms with Crippen LogP contribution in [0.4, 0.5) is 15.9 Å². The number of piperazine rings is 1. The third kappa shape index (κ3) is 3.65. The Morgan fingerprint density at radius 1 is 1.26 bits per heavy atom. The molecule has 0 bridgehead atoms. The predicted octanol–water partition coefficient (Wildman–Crippen LogP) is 2.19. The van der Waals surface area contributed by atoms with E-state index >= 15 is 0 Å². The van der Waals surface area contributed by atoms with Crippen molar-refractivity contribution in [2.24, 2.45) is 0 Å². The van der Waals surface area contributed by atoms with Crippen molar-refractivity contribution in [2.75, 3.05) is 36.4 Å². The zero-order chi connectivity index (χ0) is 16.2. The molecule has 2 N–H and O–H groups in total. The highest BCUT2D eigenvalue weighted by atomic mass is 19.1. The van der Waals surface area contributed by atoms with Crippen LogP contribution >= 0.6 is 0 Å². The van der Waals surface area contributed by atoms with Crippen LogP contribution in [0.15, 0.2) is 36.5 Å². The molecule has 0 unspecified atom stereocenters. The van der Waals surface area contributed by atoms with Gasteiger partial charge in [-0.2, -0.15) is 0 Å². The molecule has 1 aromatic carbocycles. The highest BCUT2D eigenvalue weighted by molar-refractivity contribution is 6.04. The zero-order valence-corrected chi connectivity index (χ0v) is 13.0. The highest BCUT2D eigenvalue weighted by Crippen LogP contribution is 2.17. The van der Waals surface area contributed by atoms with Crippen molar-refractivity contribution in [3.63, 3.8) is 0 Å². The average Bonchev–Trinajstić information content (AvgIpc) is 2.56. The molecule has 3 rings (SSSR count). The molecule has 0 saturated carbocycles. The average molecular weight is 314 g/mol. The van der Waals surface area contributed by atoms with Gasteiger partial charge in [0, 0.05) is 26.2 Å². The van der Waals surface area contributed by atoms with Crippen molar-refractivity contribution in [1.82, 2.24) is 10.3 Å². The van der Waals surface area contributed by atoms with Crippen LogP contribution in [0.2, 0.25) is 0 Å². The first-order valence-electron chi connectivity index (χ1n) is 7.63. The van der Waals surface area contributed by atoms with Gasteiger partial charge in [0.25, 0.3) is 5.91 Å². The topological polar surface area (TPSA) is 57.3 Å². The van der Waals surface area contributed by atoms with Gasteiger partial charge in [-0.1, -0.05) is 6.07 Å². The zero-order valence-electron chi connectivity index (χ0n) is 13.0. The molecule has 0 aliphatic carbocycles. The minimum atomic E-state index is -0.528. The lowest BCUT2D eigenvalue weighted by Crippen LogP contribution is -2.43. The SMILES string of the molecule is Cc1ccc(C(=O)Nc2ccc(N3CCNCC3)cn2)c(F)c1. The maximum absolute atomic E-state index is 13.8. The third-order valence-electron chi connectivity index (χ3n) is 3.84. The number of rotatable bonds is 3. The van der Waals surface area contributed by atoms with Gasteiger partial charge in [-0.15, -0.1) is 0 Å². The van der Waals surface area contributed by atoms with E-state index in [-0.39, 0.29) is 5.56 Å². The van der Waals surface area contributed by atoms with Crippen LogP contribution in [0.1, 0.15) is 15.9 Å². The van der Waals surface area contributed by atoms with Crippen molar-refractivity contribution in [2.45, 2.75) is 6.92 Å². The summed E-state index contributed by atoms with van der Waals surface area (Å²) in [5, 5.41) is 5.92. The van der Waals surface area contributed by atoms with Crippen LogP contribution < -0.4 is 15.5 Å². The number of hydrogen-bond donors (Lipinski definition) is 2. The first-order chi connectivity index (χ1) is 11.1. The number of hydrogen-bond acceptors (Lipinski definition) is 4. The summed E-state index contributed by atoms with van der Waals surface area (Å²) in [5.41, 5.74) is 1.81. The van der Waals surface area contributed by atoms with Gasteiger partial charge in [0.2, 0.25) is 0 Å². The first kappa shape index (κ1) is 15.4. The minimum absolute atomic E-state index is 0.0172. The number of pyridine rings is 1. The second kappa shape index (κ2) is 6.75. The molecule has 6 heteroatoms. The Labute approximate surface area is 134 Å². The number of aryl methyl sites for hydroxylation is 1. The fourth-order valence-corrected chi connectivity index (χ4v) is 2.56. The summed E-state index contributed by atoms with van der Waals surface area (Å²) in [4.78, 5) is 18.6. The number of halogens is 1. The molecular formula is C17H19FN4O. The van der Waals surface area contributed by atoms with Gasteiger partial charge >= 0.3 is 0 Å². The molecule has 2 heterocycles. The van der Waals surface area contributed by atoms with E-state index < -0.39 is 11.7 Å². The molecule has 120 valence electrons. The molecule has 23 heavy (non-hydrogen) atoms. The number of nitrogens with zero attached hydrogens (tertiary/aromatic N) is 2. The summed E-state index contributed by atoms with van der Waals surface area (Å²) >= 11 is 0. The van der Waals surface area contributed by atoms with Gasteiger partial charge in [-0.05, 0) is 36.8 Å². The predicted molar refractivity (Wildman–Crippen MR) is 88.4 cm³/mol. The summed E-state index contributed by atoms with van der Waals surface area (Å²) in [6.45, 7) is 5.54. The van der Waals surface area contributed by atoms with Crippen LogP contribution in [-0.2, 0) is 0 Å². The Morgan fingerprint density at radius 2 is 2.04 bits per heavy atom. The van der Waals surface area contributed by atoms with E-state index in [1.807, 2.05) is 6.07 Å². The Balaban J connectivity index is 1.69. The molecule has 1 aliphatic rings. The Bertz CT molecular complexity index is 696. The van der Waals surface area contributed by atoms with E-state index in [1.54, 1.807) is 25.3 Å². The van der Waals surface area contributed by atoms with Crippen LogP contribution in [0, 0.1) is 12.7 Å². The van der Waals surface area contributed by atoms with Crippen LogP contribution in [0.25, 0.3) is 0 Å². The summed E-state index contributed by atoms with van der Waals surface area (Å²) in [5.74, 6) is -0.612. The quantitative estimate of drug-likeness (QED) is 0.912. The normalized spacial score (nSPS) is 14.6. The first-order valence-corrected chi connectivity index (χ1v) is 7.63. The number of benzene rings is 1. The lowest BCUT2D eigenvalue weighted by Gasteiger charge is -2.29. The third-order valence-corrected chi connectivity index (χ3v) is 3.84. The van der Waals surface area contributed by atoms with Crippen molar-refractivity contribution in [3.8, 4) is 0 Å². The fraction of sp³-hybridized carbons (Fsp3) is 0.294. The lowest BCUT2D eigenvalue weighted by atomic mass is 10.1. The van der Waals surface area contributed by atoms with Crippen molar-refractivity contribution >= 4 is 17.4 Å². The highest BCUT2D eigenvalue weighted by Gasteiger charge is 2.14. The largest absolute Gasteiger partial charge is 0.368 e. The molecule has 2 aromatic rings. The molecule has 1 saturated heterocycles. The summed E-state index contributed by atoms with van der Waals surface area (Å²) in [6, 6.07) is 8.19. The molecule has 5 nitrogen and oxygen atoms in total. The Morgan fingerprint density at radius 3 is 2.70 bits per heavy atom. The lowest BCUT2D eigenvalue weighted by molar-refractivity contribution is 0.102. The number of carbonyl (C=O) groups excluding carboxylic acids is 1. The molecule has 1 aromatic heterocycles. The van der Waals surface area contributed by atoms with Crippen molar-refractivity contribution in [3.05, 3.63) is 53.5 Å². The number of aromatic nitrogens is 1. The molecule has 0 spiro atoms. The Kier molecular flexibility index (Phi) is 4.52. The maximum Gasteiger partial charge on any atom is 0.259 e. The van der Waals surface area contributed by atoms with Gasteiger partial charge in [0.15, 0.2) is 0 Å². The molecule has 0 atom stereocenters. The van der Waals surface area contributed by atoms with Gasteiger partial charge in [0.1, 0.15) is 11.6 Å². The number of anilines is 2. The number of carbonyl (C=O) groups is 1. The second-order valence-corrected chi connectivity index (χ2v) is 5.58. The van der Waals surface area contributed by atoms with Gasteiger partial charge in [-0.25, -0.2) is 9.37 Å². The summed E-state index contributed by atoms with van der Waals surface area (Å²) in [7, 11) is 0. The van der Waals surface area contributed by atoms with E-state index in [9.17, 15) is 9.18 Å².